The molecule has 4 rings (SSSR count). The number of nitrogens with zero attached hydrogens (tertiary/aromatic N) is 5. The zero-order chi connectivity index (χ0) is 20.8. The monoisotopic (exact) mass is 407 g/mol. The molecule has 0 bridgehead atoms. The van der Waals surface area contributed by atoms with Crippen LogP contribution in [0.2, 0.25) is 0 Å². The summed E-state index contributed by atoms with van der Waals surface area (Å²) >= 11 is 0. The third-order valence-corrected chi connectivity index (χ3v) is 4.65. The standard InChI is InChI=1S/C21H25N7O2/c1-2-29-13-3-5-15-7-9-16(10-8-15)11-12-23-20-25-19(22)28-21(26-20)24-18(27-28)17-6-4-14-30-17/h4,6-10,14H,2-3,5,11-13H2,1H3,(H3,22,23,24,25,26,27). The number of nitrogen functional groups attached to an aromatic ring is 1. The second kappa shape index (κ2) is 9.36. The Morgan fingerprint density at radius 3 is 2.60 bits per heavy atom. The van der Waals surface area contributed by atoms with Gasteiger partial charge >= 0.3 is 0 Å². The highest BCUT2D eigenvalue weighted by atomic mass is 16.5. The van der Waals surface area contributed by atoms with Crippen LogP contribution in [-0.2, 0) is 17.6 Å². The van der Waals surface area contributed by atoms with Crippen LogP contribution in [0, 0.1) is 0 Å². The second-order valence-corrected chi connectivity index (χ2v) is 6.82. The number of furan rings is 1. The van der Waals surface area contributed by atoms with Crippen LogP contribution in [0.15, 0.2) is 47.1 Å². The van der Waals surface area contributed by atoms with E-state index in [1.54, 1.807) is 18.4 Å². The molecule has 9 nitrogen and oxygen atoms in total. The lowest BCUT2D eigenvalue weighted by Gasteiger charge is -2.07. The molecule has 0 amide bonds. The van der Waals surface area contributed by atoms with Crippen LogP contribution in [-0.4, -0.2) is 44.3 Å². The Balaban J connectivity index is 1.33. The molecule has 3 N–H and O–H groups in total. The molecule has 4 aromatic rings. The van der Waals surface area contributed by atoms with Crippen molar-refractivity contribution in [3.05, 3.63) is 53.8 Å². The van der Waals surface area contributed by atoms with E-state index in [1.165, 1.54) is 15.6 Å². The number of nitrogens with one attached hydrogen (secondary N) is 1. The number of aromatic nitrogens is 5. The first kappa shape index (κ1) is 19.8. The normalized spacial score (nSPS) is 11.2. The smallest absolute Gasteiger partial charge is 0.259 e. The predicted octanol–water partition coefficient (Wildman–Crippen LogP) is 2.99. The summed E-state index contributed by atoms with van der Waals surface area (Å²) in [6.07, 6.45) is 4.48. The number of anilines is 2. The molecule has 9 heteroatoms. The van der Waals surface area contributed by atoms with Crippen molar-refractivity contribution < 1.29 is 9.15 Å². The summed E-state index contributed by atoms with van der Waals surface area (Å²) in [6, 6.07) is 12.2. The SMILES string of the molecule is CCOCCCc1ccc(CCNc2nc(N)n3nc(-c4ccco4)nc3n2)cc1. The molecule has 0 aliphatic carbocycles. The van der Waals surface area contributed by atoms with Gasteiger partial charge in [-0.3, -0.25) is 0 Å². The molecule has 3 aromatic heterocycles. The van der Waals surface area contributed by atoms with E-state index >= 15 is 0 Å². The summed E-state index contributed by atoms with van der Waals surface area (Å²) in [5, 5.41) is 7.50. The molecule has 0 spiro atoms. The molecule has 0 aliphatic rings. The maximum absolute atomic E-state index is 6.01. The van der Waals surface area contributed by atoms with Crippen molar-refractivity contribution in [3.63, 3.8) is 0 Å². The highest BCUT2D eigenvalue weighted by molar-refractivity contribution is 5.52. The van der Waals surface area contributed by atoms with Gasteiger partial charge in [-0.25, -0.2) is 0 Å². The molecule has 1 aromatic carbocycles. The summed E-state index contributed by atoms with van der Waals surface area (Å²) in [5.74, 6) is 1.97. The number of fused-ring (bicyclic) bond motifs is 1. The van der Waals surface area contributed by atoms with Crippen LogP contribution < -0.4 is 11.1 Å². The van der Waals surface area contributed by atoms with Crippen molar-refractivity contribution in [2.45, 2.75) is 26.2 Å². The lowest BCUT2D eigenvalue weighted by atomic mass is 10.1. The molecular weight excluding hydrogens is 382 g/mol. The first-order chi connectivity index (χ1) is 14.7. The lowest BCUT2D eigenvalue weighted by molar-refractivity contribution is 0.145. The summed E-state index contributed by atoms with van der Waals surface area (Å²) in [4.78, 5) is 13.0. The Hall–Kier alpha value is -3.46. The number of ether oxygens (including phenoxy) is 1. The minimum atomic E-state index is 0.212. The highest BCUT2D eigenvalue weighted by Gasteiger charge is 2.13. The van der Waals surface area contributed by atoms with Crippen LogP contribution in [0.1, 0.15) is 24.5 Å². The Kier molecular flexibility index (Phi) is 6.19. The molecule has 0 saturated carbocycles. The average Bonchev–Trinajstić information content (AvgIpc) is 3.42. The molecule has 3 heterocycles. The Labute approximate surface area is 174 Å². The summed E-state index contributed by atoms with van der Waals surface area (Å²) < 4.78 is 12.1. The molecule has 30 heavy (non-hydrogen) atoms. The summed E-state index contributed by atoms with van der Waals surface area (Å²) in [6.45, 7) is 4.28. The molecule has 0 unspecified atom stereocenters. The van der Waals surface area contributed by atoms with Gasteiger partial charge in [-0.2, -0.15) is 19.5 Å². The summed E-state index contributed by atoms with van der Waals surface area (Å²) in [5.41, 5.74) is 8.58. The molecule has 0 aliphatic heterocycles. The quantitative estimate of drug-likeness (QED) is 0.385. The van der Waals surface area contributed by atoms with E-state index in [0.29, 0.717) is 29.9 Å². The van der Waals surface area contributed by atoms with Gasteiger partial charge in [0.2, 0.25) is 17.7 Å². The predicted molar refractivity (Wildman–Crippen MR) is 114 cm³/mol. The van der Waals surface area contributed by atoms with Crippen LogP contribution in [0.4, 0.5) is 11.9 Å². The van der Waals surface area contributed by atoms with Crippen LogP contribution in [0.3, 0.4) is 0 Å². The van der Waals surface area contributed by atoms with Gasteiger partial charge in [0, 0.05) is 19.8 Å². The number of nitrogens with two attached hydrogens (primary N) is 1. The number of hydrogen-bond donors (Lipinski definition) is 2. The van der Waals surface area contributed by atoms with E-state index in [-0.39, 0.29) is 5.95 Å². The lowest BCUT2D eigenvalue weighted by Crippen LogP contribution is -2.12. The Morgan fingerprint density at radius 2 is 1.87 bits per heavy atom. The second-order valence-electron chi connectivity index (χ2n) is 6.82. The van der Waals surface area contributed by atoms with E-state index in [2.05, 4.69) is 49.6 Å². The van der Waals surface area contributed by atoms with Gasteiger partial charge in [0.25, 0.3) is 5.78 Å². The average molecular weight is 407 g/mol. The number of rotatable bonds is 10. The van der Waals surface area contributed by atoms with Crippen LogP contribution in [0.25, 0.3) is 17.4 Å². The van der Waals surface area contributed by atoms with Gasteiger partial charge in [0.05, 0.1) is 6.26 Å². The maximum atomic E-state index is 6.01. The fourth-order valence-electron chi connectivity index (χ4n) is 3.11. The van der Waals surface area contributed by atoms with Crippen LogP contribution >= 0.6 is 0 Å². The number of aryl methyl sites for hydroxylation is 1. The fraction of sp³-hybridized carbons (Fsp3) is 0.333. The van der Waals surface area contributed by atoms with E-state index in [1.807, 2.05) is 6.92 Å². The molecule has 0 atom stereocenters. The van der Waals surface area contributed by atoms with E-state index < -0.39 is 0 Å². The minimum Gasteiger partial charge on any atom is -0.461 e. The van der Waals surface area contributed by atoms with Gasteiger partial charge in [-0.05, 0) is 49.4 Å². The minimum absolute atomic E-state index is 0.212. The first-order valence-corrected chi connectivity index (χ1v) is 10.1. The first-order valence-electron chi connectivity index (χ1n) is 10.1. The third-order valence-electron chi connectivity index (χ3n) is 4.65. The van der Waals surface area contributed by atoms with Gasteiger partial charge in [-0.1, -0.05) is 24.3 Å². The van der Waals surface area contributed by atoms with Gasteiger partial charge in [0.1, 0.15) is 0 Å². The van der Waals surface area contributed by atoms with Crippen molar-refractivity contribution in [1.29, 1.82) is 0 Å². The van der Waals surface area contributed by atoms with Gasteiger partial charge < -0.3 is 20.2 Å². The number of hydrogen-bond acceptors (Lipinski definition) is 8. The van der Waals surface area contributed by atoms with Gasteiger partial charge in [0.15, 0.2) is 5.76 Å². The van der Waals surface area contributed by atoms with Crippen molar-refractivity contribution >= 4 is 17.7 Å². The molecule has 0 radical (unpaired) electrons. The summed E-state index contributed by atoms with van der Waals surface area (Å²) in [7, 11) is 0. The zero-order valence-corrected chi connectivity index (χ0v) is 16.9. The zero-order valence-electron chi connectivity index (χ0n) is 16.9. The van der Waals surface area contributed by atoms with Crippen LogP contribution in [0.5, 0.6) is 0 Å². The van der Waals surface area contributed by atoms with E-state index in [4.69, 9.17) is 14.9 Å². The Bertz CT molecular complexity index is 1070. The molecule has 0 fully saturated rings. The molecule has 0 saturated heterocycles. The van der Waals surface area contributed by atoms with Gasteiger partial charge in [-0.15, -0.1) is 5.10 Å². The Morgan fingerprint density at radius 1 is 1.07 bits per heavy atom. The molecule has 156 valence electrons. The van der Waals surface area contributed by atoms with Crippen molar-refractivity contribution in [2.24, 2.45) is 0 Å². The van der Waals surface area contributed by atoms with E-state index in [0.717, 1.165) is 32.5 Å². The van der Waals surface area contributed by atoms with Crippen molar-refractivity contribution in [1.82, 2.24) is 24.6 Å². The maximum Gasteiger partial charge on any atom is 0.259 e. The van der Waals surface area contributed by atoms with Crippen molar-refractivity contribution in [2.75, 3.05) is 30.8 Å². The molecular formula is C21H25N7O2. The number of benzene rings is 1. The topological polar surface area (TPSA) is 116 Å². The van der Waals surface area contributed by atoms with E-state index in [9.17, 15) is 0 Å². The largest absolute Gasteiger partial charge is 0.461 e. The third kappa shape index (κ3) is 4.74. The fourth-order valence-corrected chi connectivity index (χ4v) is 3.11. The van der Waals surface area contributed by atoms with Crippen molar-refractivity contribution in [3.8, 4) is 11.6 Å². The highest BCUT2D eigenvalue weighted by Crippen LogP contribution is 2.17.